The van der Waals surface area contributed by atoms with Crippen LogP contribution in [-0.4, -0.2) is 161 Å². The molecule has 47 heteroatoms. The van der Waals surface area contributed by atoms with Crippen molar-refractivity contribution in [1.29, 1.82) is 5.41 Å². The lowest BCUT2D eigenvalue weighted by Gasteiger charge is -2.24. The smallest absolute Gasteiger partial charge is 0.490 e. The monoisotopic (exact) mass is 1470 g/mol. The van der Waals surface area contributed by atoms with Crippen LogP contribution < -0.4 is 37.5 Å². The number of carbonyl (C=O) groups excluding carboxylic acids is 3. The molecule has 4 aromatic rings. The lowest BCUT2D eigenvalue weighted by atomic mass is 9.89. The molecule has 1 fully saturated rings. The molecule has 3 heterocycles. The van der Waals surface area contributed by atoms with Crippen molar-refractivity contribution in [3.05, 3.63) is 137 Å². The minimum Gasteiger partial charge on any atom is -0.491 e. The zero-order chi connectivity index (χ0) is 72.3. The number of azide groups is 2. The molecule has 7 rings (SSSR count). The Hall–Kier alpha value is -9.11. The number of rotatable bonds is 31. The molecule has 524 valence electrons. The van der Waals surface area contributed by atoms with Gasteiger partial charge in [-0.25, -0.2) is 27.7 Å². The van der Waals surface area contributed by atoms with Gasteiger partial charge in [-0.05, 0) is 82.8 Å². The Morgan fingerprint density at radius 3 is 2.24 bits per heavy atom. The van der Waals surface area contributed by atoms with Gasteiger partial charge in [-0.15, -0.1) is 0 Å². The van der Waals surface area contributed by atoms with Crippen LogP contribution in [0.25, 0.3) is 54.3 Å². The molecule has 1 aromatic heterocycles. The highest BCUT2D eigenvalue weighted by molar-refractivity contribution is 7.86. The Morgan fingerprint density at radius 1 is 0.918 bits per heavy atom. The third-order valence-corrected chi connectivity index (χ3v) is 18.8. The van der Waals surface area contributed by atoms with Crippen LogP contribution in [0.15, 0.2) is 102 Å². The summed E-state index contributed by atoms with van der Waals surface area (Å²) in [5.41, 5.74) is 20.4. The number of aromatic carboxylic acids is 1. The van der Waals surface area contributed by atoms with Gasteiger partial charge >= 0.3 is 35.1 Å². The number of anilines is 1. The average molecular weight is 1470 g/mol. The second-order valence-corrected chi connectivity index (χ2v) is 27.2. The van der Waals surface area contributed by atoms with Crippen LogP contribution in [0.1, 0.15) is 61.8 Å². The number of phosphoric ester groups is 1. The zero-order valence-electron chi connectivity index (χ0n) is 50.0. The van der Waals surface area contributed by atoms with Crippen LogP contribution in [0.2, 0.25) is 0 Å². The lowest BCUT2D eigenvalue weighted by molar-refractivity contribution is -0.178. The van der Waals surface area contributed by atoms with Crippen LogP contribution in [-0.2, 0) is 70.8 Å². The largest absolute Gasteiger partial charge is 0.491 e. The van der Waals surface area contributed by atoms with E-state index >= 15 is 0 Å². The van der Waals surface area contributed by atoms with E-state index < -0.39 is 161 Å². The van der Waals surface area contributed by atoms with Gasteiger partial charge < -0.3 is 74.5 Å². The van der Waals surface area contributed by atoms with E-state index in [4.69, 9.17) is 60.1 Å². The molecule has 0 bridgehead atoms. The molecule has 41 nitrogen and oxygen atoms in total. The highest BCUT2D eigenvalue weighted by Gasteiger charge is 2.46. The molecule has 98 heavy (non-hydrogen) atoms. The summed E-state index contributed by atoms with van der Waals surface area (Å²) in [5.74, 6) is -2.78. The molecule has 0 radical (unpaired) electrons. The fourth-order valence-electron chi connectivity index (χ4n) is 9.16. The number of ether oxygens (including phenoxy) is 5. The van der Waals surface area contributed by atoms with Gasteiger partial charge in [0, 0.05) is 70.1 Å². The van der Waals surface area contributed by atoms with E-state index in [1.807, 2.05) is 0 Å². The summed E-state index contributed by atoms with van der Waals surface area (Å²) in [7, 11) is -27.9. The number of hydrogen-bond acceptors (Lipinski definition) is 26. The molecule has 3 aromatic carbocycles. The maximum atomic E-state index is 14.9. The third kappa shape index (κ3) is 20.5. The standard InChI is InChI=1S/C51H53FN13O28P3S2/c1-26-8-10-32-41(33-12-13-35(53)45(98(82,83)84)43(33)90-42(32)44(26)97(79,80)81)34-20-28(9-11-31(34)49(69)70)48(68)59-16-15-58-47(67)27-5-3-7-30(19-27)87-25-39(61-63-55)86-18-17-85-24-38(66)57-14-4-6-29-22-65(50(71)60-46(29)54)40-21-36(91-51(2,52)62-64-56)37(89-40)23-88-95(75,76)93-96(77,78)92-94(72,73)74/h3,5,7-13,19-20,22,36-37,39-40,53H,14-18,21,23-25H2,1-2H3,(H,57,66)(H,58,67)(H,59,68)(H,69,70)(H,75,76)(H,77,78)(H2,54,60,71)(H2,72,73,74)(H,79,80,81)(H,82,83,84)/t36-,37-,39?,40-,51-/m1/s1. The number of nitrogens with two attached hydrogens (primary N) is 1. The first-order valence-corrected chi connectivity index (χ1v) is 34.6. The summed E-state index contributed by atoms with van der Waals surface area (Å²) in [5, 5.41) is 31.5. The summed E-state index contributed by atoms with van der Waals surface area (Å²) in [6.07, 6.45) is -5.57. The van der Waals surface area contributed by atoms with Gasteiger partial charge in [-0.1, -0.05) is 35.2 Å². The van der Waals surface area contributed by atoms with Crippen LogP contribution in [0.4, 0.5) is 10.2 Å². The molecular weight excluding hydrogens is 1420 g/mol. The molecule has 1 saturated heterocycles. The summed E-state index contributed by atoms with van der Waals surface area (Å²) in [6.45, 7) is -1.38. The molecule has 3 unspecified atom stereocenters. The number of alkyl halides is 1. The van der Waals surface area contributed by atoms with E-state index in [9.17, 15) is 82.9 Å². The minimum atomic E-state index is -5.95. The van der Waals surface area contributed by atoms with Crippen molar-refractivity contribution in [2.24, 2.45) is 10.2 Å². The average Bonchev–Trinajstić information content (AvgIpc) is 0.818. The number of benzene rings is 4. The predicted molar refractivity (Wildman–Crippen MR) is 326 cm³/mol. The van der Waals surface area contributed by atoms with Crippen LogP contribution >= 0.6 is 23.5 Å². The fourth-order valence-corrected chi connectivity index (χ4v) is 13.8. The van der Waals surface area contributed by atoms with E-state index in [2.05, 4.69) is 66.0 Å². The Morgan fingerprint density at radius 2 is 1.60 bits per heavy atom. The van der Waals surface area contributed by atoms with Crippen molar-refractivity contribution in [1.82, 2.24) is 25.5 Å². The number of carbonyl (C=O) groups is 4. The number of nitrogens with one attached hydrogen (secondary N) is 4. The number of nitrogen functional groups attached to an aromatic ring is 1. The van der Waals surface area contributed by atoms with E-state index in [1.165, 1.54) is 43.3 Å². The number of nitrogens with zero attached hydrogens (tertiary/aromatic N) is 8. The third-order valence-electron chi connectivity index (χ3n) is 13.1. The van der Waals surface area contributed by atoms with Crippen molar-refractivity contribution in [2.75, 3.05) is 58.4 Å². The maximum absolute atomic E-state index is 14.9. The van der Waals surface area contributed by atoms with Gasteiger partial charge in [-0.2, -0.15) is 30.4 Å². The second kappa shape index (κ2) is 31.6. The van der Waals surface area contributed by atoms with Crippen molar-refractivity contribution >= 4 is 84.2 Å². The number of halogens is 1. The number of fused-ring (bicyclic) bond motifs is 2. The first kappa shape index (κ1) is 76.3. The number of phosphoric acid groups is 3. The van der Waals surface area contributed by atoms with Crippen molar-refractivity contribution < 1.29 is 129 Å². The van der Waals surface area contributed by atoms with E-state index in [0.717, 1.165) is 41.1 Å². The first-order chi connectivity index (χ1) is 45.8. The summed E-state index contributed by atoms with van der Waals surface area (Å²) in [4.78, 5) is 109. The normalized spacial score (nSPS) is 16.9. The summed E-state index contributed by atoms with van der Waals surface area (Å²) < 4.78 is 167. The van der Waals surface area contributed by atoms with Gasteiger partial charge in [0.15, 0.2) is 22.5 Å². The number of amides is 3. The maximum Gasteiger partial charge on any atom is 0.490 e. The predicted octanol–water partition coefficient (Wildman–Crippen LogP) is 3.67. The Kier molecular flexibility index (Phi) is 24.6. The molecule has 13 N–H and O–H groups in total. The van der Waals surface area contributed by atoms with Crippen LogP contribution in [0.3, 0.4) is 0 Å². The number of carboxylic acids is 1. The molecule has 0 saturated carbocycles. The van der Waals surface area contributed by atoms with E-state index in [0.29, 0.717) is 6.92 Å². The SMILES string of the molecule is Cc1ccc2c(-c3cc(C(=O)NCCNC(=O)c4cccc(OCC(N=[N+]=[N-])OCCOCC(=O)NCC#Cc5cn([C@H]6C[C@@H](O[C@](C)(F)N=[N+]=[N-])[C@@H](COP(=O)(O)OP(=O)(O)OP(=O)(O)O)O6)c(=O)nc5N)c4)ccc3C(=O)O)c3ccc(=N)c(S(=O)(=O)O)c-3oc2c1S(=O)(=O)O. The molecular formula is C51H53FN13O28P3S2. The molecule has 3 amide bonds. The summed E-state index contributed by atoms with van der Waals surface area (Å²) >= 11 is 0. The molecule has 1 aliphatic carbocycles. The molecule has 7 atom stereocenters. The lowest BCUT2D eigenvalue weighted by Crippen LogP contribution is -2.35. The Bertz CT molecular complexity index is 4790. The second-order valence-electron chi connectivity index (χ2n) is 20.1. The fraction of sp³-hybridized carbons (Fsp3) is 0.314. The van der Waals surface area contributed by atoms with Gasteiger partial charge in [0.25, 0.3) is 38.0 Å². The highest BCUT2D eigenvalue weighted by Crippen LogP contribution is 2.66. The summed E-state index contributed by atoms with van der Waals surface area (Å²) in [6, 6.07) is 13.6. The van der Waals surface area contributed by atoms with Crippen LogP contribution in [0.5, 0.6) is 5.75 Å². The van der Waals surface area contributed by atoms with Crippen molar-refractivity contribution in [3.8, 4) is 40.0 Å². The molecule has 3 aliphatic rings. The number of aryl methyl sites for hydroxylation is 1. The van der Waals surface area contributed by atoms with Gasteiger partial charge in [0.2, 0.25) is 5.91 Å². The quantitative estimate of drug-likeness (QED) is 0.00340. The van der Waals surface area contributed by atoms with Crippen LogP contribution in [0, 0.1) is 24.2 Å². The highest BCUT2D eigenvalue weighted by atomic mass is 32.2. The Balaban J connectivity index is 0.883. The first-order valence-electron chi connectivity index (χ1n) is 27.2. The topological polar surface area (TPSA) is 635 Å². The number of carboxylic acid groups (broad SMARTS) is 1. The van der Waals surface area contributed by atoms with Crippen molar-refractivity contribution in [2.45, 2.75) is 60.7 Å². The van der Waals surface area contributed by atoms with E-state index in [-0.39, 0.29) is 89.5 Å². The molecule has 0 spiro atoms. The Labute approximate surface area is 548 Å². The van der Waals surface area contributed by atoms with Gasteiger partial charge in [0.05, 0.1) is 49.0 Å². The zero-order valence-corrected chi connectivity index (χ0v) is 54.3. The minimum absolute atomic E-state index is 0.0690. The van der Waals surface area contributed by atoms with Gasteiger partial charge in [-0.3, -0.25) is 38.0 Å². The van der Waals surface area contributed by atoms with E-state index in [1.54, 1.807) is 0 Å². The molecule has 2 aliphatic heterocycles. The number of aromatic nitrogens is 2. The van der Waals surface area contributed by atoms with Crippen molar-refractivity contribution in [3.63, 3.8) is 0 Å². The van der Waals surface area contributed by atoms with Gasteiger partial charge in [0.1, 0.15) is 42.0 Å². The number of hydrogen-bond donors (Lipinski definition) is 12.